The summed E-state index contributed by atoms with van der Waals surface area (Å²) >= 11 is 1.65. The zero-order valence-corrected chi connectivity index (χ0v) is 12.8. The summed E-state index contributed by atoms with van der Waals surface area (Å²) in [4.78, 5) is 7.99. The maximum Gasteiger partial charge on any atom is 0.214 e. The van der Waals surface area contributed by atoms with Gasteiger partial charge in [-0.25, -0.2) is 13.9 Å². The number of imidazole rings is 1. The van der Waals surface area contributed by atoms with Crippen LogP contribution in [0.4, 0.5) is 9.52 Å². The van der Waals surface area contributed by atoms with Crippen molar-refractivity contribution < 1.29 is 4.39 Å². The lowest BCUT2D eigenvalue weighted by Crippen LogP contribution is -2.31. The van der Waals surface area contributed by atoms with Gasteiger partial charge >= 0.3 is 0 Å². The fourth-order valence-electron chi connectivity index (χ4n) is 3.72. The van der Waals surface area contributed by atoms with Gasteiger partial charge in [-0.1, -0.05) is 11.3 Å². The summed E-state index contributed by atoms with van der Waals surface area (Å²) in [6, 6.07) is 7.10. The average Bonchev–Trinajstić information content (AvgIpc) is 3.26. The third kappa shape index (κ3) is 1.86. The summed E-state index contributed by atoms with van der Waals surface area (Å²) in [6.07, 6.45) is 5.92. The number of benzene rings is 1. The topological polar surface area (TPSA) is 33.4 Å². The molecule has 2 fully saturated rings. The van der Waals surface area contributed by atoms with Crippen LogP contribution in [0.1, 0.15) is 19.3 Å². The molecule has 2 unspecified atom stereocenters. The Hall–Kier alpha value is -1.95. The van der Waals surface area contributed by atoms with Gasteiger partial charge in [0.15, 0.2) is 0 Å². The highest BCUT2D eigenvalue weighted by atomic mass is 32.1. The van der Waals surface area contributed by atoms with Gasteiger partial charge in [0.05, 0.1) is 11.9 Å². The lowest BCUT2D eigenvalue weighted by molar-refractivity contribution is 0.551. The molecule has 6 heteroatoms. The molecule has 1 aromatic carbocycles. The van der Waals surface area contributed by atoms with Gasteiger partial charge in [0.1, 0.15) is 5.82 Å². The van der Waals surface area contributed by atoms with E-state index < -0.39 is 0 Å². The van der Waals surface area contributed by atoms with Crippen molar-refractivity contribution in [2.75, 3.05) is 11.4 Å². The molecule has 112 valence electrons. The van der Waals surface area contributed by atoms with E-state index in [9.17, 15) is 4.39 Å². The highest BCUT2D eigenvalue weighted by Gasteiger charge is 2.39. The van der Waals surface area contributed by atoms with E-state index in [-0.39, 0.29) is 5.82 Å². The fourth-order valence-corrected chi connectivity index (χ4v) is 4.69. The van der Waals surface area contributed by atoms with E-state index in [2.05, 4.69) is 9.88 Å². The molecule has 0 spiro atoms. The molecule has 4 nitrogen and oxygen atoms in total. The van der Waals surface area contributed by atoms with E-state index in [0.29, 0.717) is 6.04 Å². The third-order valence-corrected chi connectivity index (χ3v) is 5.79. The van der Waals surface area contributed by atoms with Crippen LogP contribution < -0.4 is 4.90 Å². The van der Waals surface area contributed by atoms with E-state index in [1.54, 1.807) is 23.5 Å². The second-order valence-electron chi connectivity index (χ2n) is 6.23. The molecule has 1 aliphatic heterocycles. The molecule has 5 rings (SSSR count). The molecular formula is C16H15FN4S. The predicted octanol–water partition coefficient (Wildman–Crippen LogP) is 3.59. The van der Waals surface area contributed by atoms with Crippen molar-refractivity contribution in [3.05, 3.63) is 36.3 Å². The molecule has 2 aliphatic rings. The molecule has 2 atom stereocenters. The summed E-state index contributed by atoms with van der Waals surface area (Å²) in [6.45, 7) is 1.14. The average molecular weight is 314 g/mol. The second kappa shape index (κ2) is 4.52. The van der Waals surface area contributed by atoms with E-state index in [1.165, 1.54) is 31.4 Å². The first-order chi connectivity index (χ1) is 10.8. The molecule has 22 heavy (non-hydrogen) atoms. The van der Waals surface area contributed by atoms with Crippen LogP contribution in [0.2, 0.25) is 0 Å². The molecule has 0 N–H and O–H groups in total. The largest absolute Gasteiger partial charge is 0.343 e. The Balaban J connectivity index is 1.48. The lowest BCUT2D eigenvalue weighted by atomic mass is 10.1. The number of fused-ring (bicyclic) bond motifs is 3. The Morgan fingerprint density at radius 3 is 2.73 bits per heavy atom. The number of aromatic nitrogens is 3. The van der Waals surface area contributed by atoms with Crippen LogP contribution in [0.25, 0.3) is 16.2 Å². The van der Waals surface area contributed by atoms with Gasteiger partial charge in [-0.3, -0.25) is 0 Å². The molecule has 3 heterocycles. The first-order valence-corrected chi connectivity index (χ1v) is 8.47. The Morgan fingerprint density at radius 2 is 2.05 bits per heavy atom. The van der Waals surface area contributed by atoms with E-state index in [0.717, 1.165) is 33.8 Å². The van der Waals surface area contributed by atoms with Crippen molar-refractivity contribution in [2.45, 2.75) is 25.3 Å². The molecule has 0 amide bonds. The first kappa shape index (κ1) is 12.6. The van der Waals surface area contributed by atoms with Crippen LogP contribution in [-0.2, 0) is 0 Å². The predicted molar refractivity (Wildman–Crippen MR) is 84.7 cm³/mol. The minimum Gasteiger partial charge on any atom is -0.343 e. The van der Waals surface area contributed by atoms with Gasteiger partial charge in [-0.15, -0.1) is 5.10 Å². The number of piperidine rings is 1. The fraction of sp³-hybridized carbons (Fsp3) is 0.375. The van der Waals surface area contributed by atoms with Crippen LogP contribution in [0.15, 0.2) is 30.5 Å². The van der Waals surface area contributed by atoms with Gasteiger partial charge < -0.3 is 4.90 Å². The number of halogens is 1. The Kier molecular flexibility index (Phi) is 2.59. The number of rotatable bonds is 2. The molecule has 1 aliphatic carbocycles. The van der Waals surface area contributed by atoms with Crippen molar-refractivity contribution in [1.82, 2.24) is 14.6 Å². The summed E-state index contributed by atoms with van der Waals surface area (Å²) in [5.41, 5.74) is 1.76. The number of hydrogen-bond acceptors (Lipinski definition) is 4. The van der Waals surface area contributed by atoms with Crippen LogP contribution >= 0.6 is 11.3 Å². The highest BCUT2D eigenvalue weighted by molar-refractivity contribution is 7.20. The van der Waals surface area contributed by atoms with Crippen molar-refractivity contribution in [2.24, 2.45) is 5.92 Å². The molecular weight excluding hydrogens is 299 g/mol. The highest BCUT2D eigenvalue weighted by Crippen LogP contribution is 2.41. The van der Waals surface area contributed by atoms with Crippen LogP contribution in [0, 0.1) is 11.7 Å². The van der Waals surface area contributed by atoms with Gasteiger partial charge in [-0.05, 0) is 49.4 Å². The second-order valence-corrected chi connectivity index (χ2v) is 7.16. The Morgan fingerprint density at radius 1 is 1.18 bits per heavy atom. The van der Waals surface area contributed by atoms with Crippen molar-refractivity contribution in [3.63, 3.8) is 0 Å². The molecule has 2 bridgehead atoms. The molecule has 0 radical (unpaired) electrons. The molecule has 1 saturated carbocycles. The van der Waals surface area contributed by atoms with E-state index in [4.69, 9.17) is 5.10 Å². The monoisotopic (exact) mass is 314 g/mol. The summed E-state index contributed by atoms with van der Waals surface area (Å²) in [7, 11) is 0. The van der Waals surface area contributed by atoms with Crippen LogP contribution in [0.5, 0.6) is 0 Å². The van der Waals surface area contributed by atoms with Gasteiger partial charge in [0.2, 0.25) is 10.1 Å². The van der Waals surface area contributed by atoms with Gasteiger partial charge in [0, 0.05) is 18.2 Å². The minimum absolute atomic E-state index is 0.228. The maximum atomic E-state index is 13.0. The summed E-state index contributed by atoms with van der Waals surface area (Å²) in [5.74, 6) is 0.630. The zero-order valence-electron chi connectivity index (χ0n) is 11.9. The summed E-state index contributed by atoms with van der Waals surface area (Å²) in [5, 5.41) is 5.79. The van der Waals surface area contributed by atoms with Crippen molar-refractivity contribution in [3.8, 4) is 11.3 Å². The number of hydrogen-bond donors (Lipinski definition) is 0. The quantitative estimate of drug-likeness (QED) is 0.725. The SMILES string of the molecule is Fc1ccc(-c2cn3nc(N4CC5CCC4C5)sc3n2)cc1. The standard InChI is InChI=1S/C16H15FN4S/c17-12-4-2-11(3-5-12)14-9-21-15(18-14)22-16(19-21)20-8-10-1-6-13(20)7-10/h2-5,9-10,13H,1,6-8H2. The lowest BCUT2D eigenvalue weighted by Gasteiger charge is -2.25. The molecule has 3 aromatic rings. The van der Waals surface area contributed by atoms with Crippen molar-refractivity contribution >= 4 is 21.4 Å². The smallest absolute Gasteiger partial charge is 0.214 e. The zero-order chi connectivity index (χ0) is 14.7. The number of nitrogens with zero attached hydrogens (tertiary/aromatic N) is 4. The number of anilines is 1. The normalized spacial score (nSPS) is 23.8. The van der Waals surface area contributed by atoms with E-state index in [1.807, 2.05) is 10.7 Å². The molecule has 1 saturated heterocycles. The first-order valence-electron chi connectivity index (χ1n) is 7.65. The summed E-state index contributed by atoms with van der Waals surface area (Å²) < 4.78 is 14.9. The van der Waals surface area contributed by atoms with Crippen molar-refractivity contribution in [1.29, 1.82) is 0 Å². The minimum atomic E-state index is -0.228. The van der Waals surface area contributed by atoms with Gasteiger partial charge in [0.25, 0.3) is 0 Å². The van der Waals surface area contributed by atoms with Crippen LogP contribution in [0.3, 0.4) is 0 Å². The Bertz CT molecular complexity index is 806. The van der Waals surface area contributed by atoms with Crippen LogP contribution in [-0.4, -0.2) is 27.2 Å². The molecule has 2 aromatic heterocycles. The maximum absolute atomic E-state index is 13.0. The Labute approximate surface area is 131 Å². The third-order valence-electron chi connectivity index (χ3n) is 4.83. The van der Waals surface area contributed by atoms with E-state index >= 15 is 0 Å². The van der Waals surface area contributed by atoms with Gasteiger partial charge in [-0.2, -0.15) is 0 Å².